The third-order valence-electron chi connectivity index (χ3n) is 1.87. The molecule has 0 fully saturated rings. The van der Waals surface area contributed by atoms with Crippen LogP contribution in [-0.2, 0) is 11.3 Å². The third-order valence-corrected chi connectivity index (χ3v) is 1.87. The predicted octanol–water partition coefficient (Wildman–Crippen LogP) is 1.55. The van der Waals surface area contributed by atoms with Crippen molar-refractivity contribution in [3.05, 3.63) is 23.3 Å². The van der Waals surface area contributed by atoms with Crippen LogP contribution in [0.5, 0.6) is 11.5 Å². The van der Waals surface area contributed by atoms with Gasteiger partial charge in [0.05, 0.1) is 13.7 Å². The first-order valence-electron chi connectivity index (χ1n) is 4.09. The highest BCUT2D eigenvalue weighted by atomic mass is 16.5. The summed E-state index contributed by atoms with van der Waals surface area (Å²) in [6, 6.07) is 3.39. The fourth-order valence-corrected chi connectivity index (χ4v) is 1.19. The summed E-state index contributed by atoms with van der Waals surface area (Å²) < 4.78 is 4.96. The monoisotopic (exact) mass is 193 g/mol. The molecule has 14 heavy (non-hydrogen) atoms. The van der Waals surface area contributed by atoms with Gasteiger partial charge in [0.2, 0.25) is 6.08 Å². The zero-order chi connectivity index (χ0) is 10.6. The molecule has 0 aliphatic heterocycles. The molecule has 0 aromatic heterocycles. The predicted molar refractivity (Wildman–Crippen MR) is 51.2 cm³/mol. The number of phenols is 1. The van der Waals surface area contributed by atoms with E-state index in [1.807, 2.05) is 0 Å². The van der Waals surface area contributed by atoms with Crippen LogP contribution in [0, 0.1) is 6.92 Å². The van der Waals surface area contributed by atoms with Gasteiger partial charge in [-0.25, -0.2) is 9.79 Å². The number of aromatic hydroxyl groups is 1. The molecule has 0 saturated carbocycles. The zero-order valence-electron chi connectivity index (χ0n) is 8.07. The molecule has 0 aliphatic rings. The highest BCUT2D eigenvalue weighted by Gasteiger charge is 2.06. The molecule has 4 heteroatoms. The van der Waals surface area contributed by atoms with Crippen molar-refractivity contribution in [2.75, 3.05) is 7.11 Å². The van der Waals surface area contributed by atoms with E-state index in [0.717, 1.165) is 5.56 Å². The van der Waals surface area contributed by atoms with Crippen LogP contribution >= 0.6 is 0 Å². The van der Waals surface area contributed by atoms with Crippen LogP contribution in [0.4, 0.5) is 0 Å². The van der Waals surface area contributed by atoms with Gasteiger partial charge in [0.1, 0.15) is 0 Å². The lowest BCUT2D eigenvalue weighted by Crippen LogP contribution is -1.90. The molecule has 0 heterocycles. The summed E-state index contributed by atoms with van der Waals surface area (Å²) in [4.78, 5) is 13.4. The van der Waals surface area contributed by atoms with E-state index in [1.165, 1.54) is 13.2 Å². The van der Waals surface area contributed by atoms with E-state index >= 15 is 0 Å². The molecule has 0 unspecified atom stereocenters. The molecular weight excluding hydrogens is 182 g/mol. The van der Waals surface area contributed by atoms with Gasteiger partial charge in [-0.3, -0.25) is 0 Å². The number of carbonyl (C=O) groups excluding carboxylic acids is 1. The number of isocyanates is 1. The second kappa shape index (κ2) is 4.44. The van der Waals surface area contributed by atoms with Crippen LogP contribution in [0.15, 0.2) is 17.1 Å². The quantitative estimate of drug-likeness (QED) is 0.585. The average molecular weight is 193 g/mol. The van der Waals surface area contributed by atoms with E-state index in [9.17, 15) is 9.90 Å². The van der Waals surface area contributed by atoms with Crippen LogP contribution in [0.1, 0.15) is 11.1 Å². The van der Waals surface area contributed by atoms with Crippen molar-refractivity contribution in [1.82, 2.24) is 0 Å². The molecule has 1 aromatic rings. The maximum Gasteiger partial charge on any atom is 0.235 e. The Morgan fingerprint density at radius 1 is 1.57 bits per heavy atom. The Morgan fingerprint density at radius 3 is 2.86 bits per heavy atom. The van der Waals surface area contributed by atoms with E-state index in [-0.39, 0.29) is 12.3 Å². The Morgan fingerprint density at radius 2 is 2.29 bits per heavy atom. The van der Waals surface area contributed by atoms with Gasteiger partial charge in [-0.2, -0.15) is 0 Å². The van der Waals surface area contributed by atoms with Gasteiger partial charge in [0, 0.05) is 0 Å². The molecule has 0 aliphatic carbocycles. The summed E-state index contributed by atoms with van der Waals surface area (Å²) >= 11 is 0. The fraction of sp³-hybridized carbons (Fsp3) is 0.300. The molecule has 1 N–H and O–H groups in total. The van der Waals surface area contributed by atoms with Crippen molar-refractivity contribution < 1.29 is 14.6 Å². The van der Waals surface area contributed by atoms with Crippen LogP contribution in [0.2, 0.25) is 0 Å². The van der Waals surface area contributed by atoms with E-state index in [0.29, 0.717) is 11.3 Å². The standard InChI is InChI=1S/C10H11NO3/c1-7-3-8(5-11-6-12)4-9(14-2)10(7)13/h3-4,13H,5H2,1-2H3. The molecule has 1 aromatic carbocycles. The van der Waals surface area contributed by atoms with Gasteiger partial charge >= 0.3 is 0 Å². The van der Waals surface area contributed by atoms with Crippen LogP contribution in [0.3, 0.4) is 0 Å². The van der Waals surface area contributed by atoms with Crippen molar-refractivity contribution in [3.63, 3.8) is 0 Å². The van der Waals surface area contributed by atoms with Crippen LogP contribution in [-0.4, -0.2) is 18.3 Å². The second-order valence-electron chi connectivity index (χ2n) is 2.87. The van der Waals surface area contributed by atoms with Crippen molar-refractivity contribution >= 4 is 6.08 Å². The topological polar surface area (TPSA) is 58.9 Å². The SMILES string of the molecule is COc1cc(CN=C=O)cc(C)c1O. The molecule has 0 saturated heterocycles. The number of aryl methyl sites for hydroxylation is 1. The molecule has 0 bridgehead atoms. The number of methoxy groups -OCH3 is 1. The van der Waals surface area contributed by atoms with Gasteiger partial charge in [-0.15, -0.1) is 0 Å². The lowest BCUT2D eigenvalue weighted by atomic mass is 10.1. The Bertz CT molecular complexity index is 381. The van der Waals surface area contributed by atoms with Crippen LogP contribution < -0.4 is 4.74 Å². The number of aliphatic imine (C=N–C) groups is 1. The number of hydrogen-bond donors (Lipinski definition) is 1. The van der Waals surface area contributed by atoms with Crippen molar-refractivity contribution in [2.45, 2.75) is 13.5 Å². The Kier molecular flexibility index (Phi) is 3.26. The summed E-state index contributed by atoms with van der Waals surface area (Å²) in [5.41, 5.74) is 1.50. The van der Waals surface area contributed by atoms with Crippen LogP contribution in [0.25, 0.3) is 0 Å². The first-order valence-corrected chi connectivity index (χ1v) is 4.09. The van der Waals surface area contributed by atoms with E-state index in [2.05, 4.69) is 4.99 Å². The highest BCUT2D eigenvalue weighted by Crippen LogP contribution is 2.30. The highest BCUT2D eigenvalue weighted by molar-refractivity contribution is 5.48. The second-order valence-corrected chi connectivity index (χ2v) is 2.87. The molecule has 0 amide bonds. The molecule has 0 radical (unpaired) electrons. The summed E-state index contributed by atoms with van der Waals surface area (Å²) in [6.45, 7) is 2.01. The van der Waals surface area contributed by atoms with Gasteiger partial charge in [0.15, 0.2) is 11.5 Å². The number of benzene rings is 1. The maximum atomic E-state index is 9.91. The first-order chi connectivity index (χ1) is 6.69. The minimum absolute atomic E-state index is 0.117. The largest absolute Gasteiger partial charge is 0.504 e. The number of ether oxygens (including phenoxy) is 1. The van der Waals surface area contributed by atoms with E-state index < -0.39 is 0 Å². The molecule has 0 spiro atoms. The minimum Gasteiger partial charge on any atom is -0.504 e. The van der Waals surface area contributed by atoms with Gasteiger partial charge < -0.3 is 9.84 Å². The Balaban J connectivity index is 3.09. The van der Waals surface area contributed by atoms with Gasteiger partial charge in [-0.1, -0.05) is 6.07 Å². The van der Waals surface area contributed by atoms with Crippen molar-refractivity contribution in [2.24, 2.45) is 4.99 Å². The number of hydrogen-bond acceptors (Lipinski definition) is 4. The molecule has 1 rings (SSSR count). The number of rotatable bonds is 3. The van der Waals surface area contributed by atoms with E-state index in [1.54, 1.807) is 19.1 Å². The van der Waals surface area contributed by atoms with Crippen molar-refractivity contribution in [3.8, 4) is 11.5 Å². The Hall–Kier alpha value is -1.80. The molecule has 0 atom stereocenters. The molecule has 4 nitrogen and oxygen atoms in total. The maximum absolute atomic E-state index is 9.91. The zero-order valence-corrected chi connectivity index (χ0v) is 8.07. The summed E-state index contributed by atoms with van der Waals surface area (Å²) in [6.07, 6.45) is 1.46. The number of phenolic OH excluding ortho intramolecular Hbond substituents is 1. The molecular formula is C10H11NO3. The minimum atomic E-state index is 0.117. The van der Waals surface area contributed by atoms with E-state index in [4.69, 9.17) is 4.74 Å². The summed E-state index contributed by atoms with van der Waals surface area (Å²) in [5, 5.41) is 9.51. The van der Waals surface area contributed by atoms with Crippen molar-refractivity contribution in [1.29, 1.82) is 0 Å². The van der Waals surface area contributed by atoms with Gasteiger partial charge in [0.25, 0.3) is 0 Å². The Labute approximate surface area is 81.9 Å². The average Bonchev–Trinajstić information content (AvgIpc) is 2.19. The normalized spacial score (nSPS) is 9.29. The summed E-state index contributed by atoms with van der Waals surface area (Å²) in [7, 11) is 1.47. The number of nitrogens with zero attached hydrogens (tertiary/aromatic N) is 1. The third kappa shape index (κ3) is 2.12. The molecule has 74 valence electrons. The summed E-state index contributed by atoms with van der Waals surface area (Å²) in [5.74, 6) is 0.507. The lowest BCUT2D eigenvalue weighted by molar-refractivity contribution is 0.371. The smallest absolute Gasteiger partial charge is 0.235 e. The lowest BCUT2D eigenvalue weighted by Gasteiger charge is -2.07. The fourth-order valence-electron chi connectivity index (χ4n) is 1.19. The van der Waals surface area contributed by atoms with Gasteiger partial charge in [-0.05, 0) is 24.1 Å². The first kappa shape index (κ1) is 10.3.